The fraction of sp³-hybridized carbons (Fsp3) is 0.647. The van der Waals surface area contributed by atoms with Gasteiger partial charge in [0, 0.05) is 37.3 Å². The summed E-state index contributed by atoms with van der Waals surface area (Å²) in [7, 11) is 1.71. The van der Waals surface area contributed by atoms with Gasteiger partial charge in [0.05, 0.1) is 13.7 Å². The highest BCUT2D eigenvalue weighted by Crippen LogP contribution is 2.35. The van der Waals surface area contributed by atoms with Crippen molar-refractivity contribution < 1.29 is 14.2 Å². The standard InChI is InChI=1S/C17H25NO3/c1-12(13-5-8-20-9-6-13)18-16-7-10-21-17-4-3-14(19-2)11-15(16)17/h3-4,11-13,16,18H,5-10H2,1-2H3. The van der Waals surface area contributed by atoms with Gasteiger partial charge in [-0.05, 0) is 43.9 Å². The Balaban J connectivity index is 1.71. The molecule has 0 saturated carbocycles. The summed E-state index contributed by atoms with van der Waals surface area (Å²) in [6.07, 6.45) is 3.32. The lowest BCUT2D eigenvalue weighted by molar-refractivity contribution is 0.0534. The van der Waals surface area contributed by atoms with Crippen molar-refractivity contribution in [2.24, 2.45) is 5.92 Å². The highest BCUT2D eigenvalue weighted by atomic mass is 16.5. The monoisotopic (exact) mass is 291 g/mol. The first-order chi connectivity index (χ1) is 10.3. The number of fused-ring (bicyclic) bond motifs is 1. The topological polar surface area (TPSA) is 39.7 Å². The van der Waals surface area contributed by atoms with E-state index in [1.807, 2.05) is 12.1 Å². The van der Waals surface area contributed by atoms with E-state index in [2.05, 4.69) is 18.3 Å². The molecule has 0 aliphatic carbocycles. The maximum Gasteiger partial charge on any atom is 0.124 e. The van der Waals surface area contributed by atoms with Crippen LogP contribution >= 0.6 is 0 Å². The van der Waals surface area contributed by atoms with Crippen LogP contribution in [0.3, 0.4) is 0 Å². The molecule has 1 N–H and O–H groups in total. The fourth-order valence-electron chi connectivity index (χ4n) is 3.34. The quantitative estimate of drug-likeness (QED) is 0.926. The largest absolute Gasteiger partial charge is 0.497 e. The van der Waals surface area contributed by atoms with E-state index in [-0.39, 0.29) is 0 Å². The van der Waals surface area contributed by atoms with Gasteiger partial charge in [0.2, 0.25) is 0 Å². The fourth-order valence-corrected chi connectivity index (χ4v) is 3.34. The van der Waals surface area contributed by atoms with Crippen LogP contribution in [0.1, 0.15) is 37.8 Å². The molecule has 0 radical (unpaired) electrons. The predicted octanol–water partition coefficient (Wildman–Crippen LogP) is 2.92. The third kappa shape index (κ3) is 3.33. The summed E-state index contributed by atoms with van der Waals surface area (Å²) in [5, 5.41) is 3.80. The van der Waals surface area contributed by atoms with Crippen molar-refractivity contribution >= 4 is 0 Å². The first kappa shape index (κ1) is 14.7. The molecule has 3 rings (SSSR count). The Hall–Kier alpha value is -1.26. The SMILES string of the molecule is COc1ccc2c(c1)C(NC(C)C1CCOCC1)CCO2. The number of nitrogens with one attached hydrogen (secondary N) is 1. The van der Waals surface area contributed by atoms with Crippen molar-refractivity contribution in [3.05, 3.63) is 23.8 Å². The van der Waals surface area contributed by atoms with E-state index < -0.39 is 0 Å². The van der Waals surface area contributed by atoms with Gasteiger partial charge in [0.1, 0.15) is 11.5 Å². The highest BCUT2D eigenvalue weighted by Gasteiger charge is 2.27. The maximum absolute atomic E-state index is 5.76. The molecule has 1 aromatic carbocycles. The molecule has 2 unspecified atom stereocenters. The molecule has 0 bridgehead atoms. The molecule has 1 fully saturated rings. The molecule has 21 heavy (non-hydrogen) atoms. The molecule has 116 valence electrons. The van der Waals surface area contributed by atoms with Crippen LogP contribution in [-0.4, -0.2) is 33.0 Å². The average Bonchev–Trinajstić information content (AvgIpc) is 2.55. The molecular weight excluding hydrogens is 266 g/mol. The van der Waals surface area contributed by atoms with E-state index in [9.17, 15) is 0 Å². The molecule has 0 aromatic heterocycles. The lowest BCUT2D eigenvalue weighted by Gasteiger charge is -2.34. The summed E-state index contributed by atoms with van der Waals surface area (Å²) in [4.78, 5) is 0. The summed E-state index contributed by atoms with van der Waals surface area (Å²) in [6.45, 7) is 4.87. The molecule has 4 nitrogen and oxygen atoms in total. The normalized spacial score (nSPS) is 24.0. The van der Waals surface area contributed by atoms with Gasteiger partial charge >= 0.3 is 0 Å². The third-order valence-corrected chi connectivity index (χ3v) is 4.69. The molecule has 1 aromatic rings. The Labute approximate surface area is 126 Å². The van der Waals surface area contributed by atoms with E-state index in [1.165, 1.54) is 5.56 Å². The van der Waals surface area contributed by atoms with Crippen LogP contribution in [0.15, 0.2) is 18.2 Å². The highest BCUT2D eigenvalue weighted by molar-refractivity contribution is 5.43. The van der Waals surface area contributed by atoms with Gasteiger partial charge in [-0.1, -0.05) is 0 Å². The van der Waals surface area contributed by atoms with Gasteiger partial charge < -0.3 is 19.5 Å². The zero-order valence-electron chi connectivity index (χ0n) is 12.9. The molecule has 0 spiro atoms. The number of methoxy groups -OCH3 is 1. The Morgan fingerprint density at radius 2 is 2.00 bits per heavy atom. The zero-order chi connectivity index (χ0) is 14.7. The van der Waals surface area contributed by atoms with E-state index >= 15 is 0 Å². The summed E-state index contributed by atoms with van der Waals surface area (Å²) < 4.78 is 16.6. The first-order valence-electron chi connectivity index (χ1n) is 7.92. The van der Waals surface area contributed by atoms with Gasteiger partial charge in [-0.2, -0.15) is 0 Å². The van der Waals surface area contributed by atoms with Crippen molar-refractivity contribution in [3.63, 3.8) is 0 Å². The van der Waals surface area contributed by atoms with Gasteiger partial charge in [-0.25, -0.2) is 0 Å². The number of ether oxygens (including phenoxy) is 3. The number of benzene rings is 1. The van der Waals surface area contributed by atoms with E-state index in [4.69, 9.17) is 14.2 Å². The second-order valence-corrected chi connectivity index (χ2v) is 6.00. The van der Waals surface area contributed by atoms with Crippen LogP contribution < -0.4 is 14.8 Å². The molecule has 4 heteroatoms. The zero-order valence-corrected chi connectivity index (χ0v) is 12.9. The minimum absolute atomic E-state index is 0.349. The van der Waals surface area contributed by atoms with Crippen molar-refractivity contribution in [1.29, 1.82) is 0 Å². The summed E-state index contributed by atoms with van der Waals surface area (Å²) in [6, 6.07) is 6.92. The molecule has 1 saturated heterocycles. The number of rotatable bonds is 4. The Kier molecular flexibility index (Phi) is 4.66. The van der Waals surface area contributed by atoms with Crippen LogP contribution in [0.2, 0.25) is 0 Å². The van der Waals surface area contributed by atoms with E-state index in [0.717, 1.165) is 50.6 Å². The van der Waals surface area contributed by atoms with Crippen molar-refractivity contribution in [2.45, 2.75) is 38.3 Å². The van der Waals surface area contributed by atoms with Gasteiger partial charge in [0.15, 0.2) is 0 Å². The maximum atomic E-state index is 5.76. The molecule has 0 amide bonds. The molecule has 2 atom stereocenters. The summed E-state index contributed by atoms with van der Waals surface area (Å²) in [5.74, 6) is 2.58. The third-order valence-electron chi connectivity index (χ3n) is 4.69. The Morgan fingerprint density at radius 1 is 1.19 bits per heavy atom. The van der Waals surface area contributed by atoms with Gasteiger partial charge in [-0.15, -0.1) is 0 Å². The lowest BCUT2D eigenvalue weighted by Crippen LogP contribution is -2.40. The van der Waals surface area contributed by atoms with Crippen molar-refractivity contribution in [3.8, 4) is 11.5 Å². The minimum atomic E-state index is 0.349. The van der Waals surface area contributed by atoms with E-state index in [0.29, 0.717) is 18.0 Å². The van der Waals surface area contributed by atoms with Gasteiger partial charge in [-0.3, -0.25) is 0 Å². The molecular formula is C17H25NO3. The summed E-state index contributed by atoms with van der Waals surface area (Å²) in [5.41, 5.74) is 1.22. The molecule has 2 aliphatic rings. The summed E-state index contributed by atoms with van der Waals surface area (Å²) >= 11 is 0. The average molecular weight is 291 g/mol. The number of hydrogen-bond acceptors (Lipinski definition) is 4. The number of hydrogen-bond donors (Lipinski definition) is 1. The Bertz CT molecular complexity index is 471. The van der Waals surface area contributed by atoms with Crippen molar-refractivity contribution in [1.82, 2.24) is 5.32 Å². The van der Waals surface area contributed by atoms with Crippen LogP contribution in [0, 0.1) is 5.92 Å². The molecule has 2 aliphatic heterocycles. The molecule has 2 heterocycles. The Morgan fingerprint density at radius 3 is 2.76 bits per heavy atom. The van der Waals surface area contributed by atoms with Crippen molar-refractivity contribution in [2.75, 3.05) is 26.9 Å². The van der Waals surface area contributed by atoms with Crippen LogP contribution in [0.4, 0.5) is 0 Å². The van der Waals surface area contributed by atoms with E-state index in [1.54, 1.807) is 7.11 Å². The van der Waals surface area contributed by atoms with Gasteiger partial charge in [0.25, 0.3) is 0 Å². The first-order valence-corrected chi connectivity index (χ1v) is 7.92. The van der Waals surface area contributed by atoms with Crippen LogP contribution in [0.25, 0.3) is 0 Å². The van der Waals surface area contributed by atoms with Crippen LogP contribution in [-0.2, 0) is 4.74 Å². The second kappa shape index (κ2) is 6.67. The predicted molar refractivity (Wildman–Crippen MR) is 82.0 cm³/mol. The minimum Gasteiger partial charge on any atom is -0.497 e. The van der Waals surface area contributed by atoms with Crippen LogP contribution in [0.5, 0.6) is 11.5 Å². The smallest absolute Gasteiger partial charge is 0.124 e. The lowest BCUT2D eigenvalue weighted by atomic mass is 9.91. The second-order valence-electron chi connectivity index (χ2n) is 6.00.